The molecule has 1 saturated heterocycles. The Hall–Kier alpha value is -2.30. The smallest absolute Gasteiger partial charge is 0.252 e. The maximum Gasteiger partial charge on any atom is 0.252 e. The van der Waals surface area contributed by atoms with Gasteiger partial charge in [0.25, 0.3) is 5.91 Å². The highest BCUT2D eigenvalue weighted by atomic mass is 16.6. The summed E-state index contributed by atoms with van der Waals surface area (Å²) in [4.78, 5) is 24.4. The first-order valence-corrected chi connectivity index (χ1v) is 8.22. The minimum Gasteiger partial charge on any atom is -0.387 e. The Morgan fingerprint density at radius 1 is 1.32 bits per heavy atom. The van der Waals surface area contributed by atoms with Crippen LogP contribution in [0.1, 0.15) is 32.9 Å². The molecule has 0 aliphatic carbocycles. The number of rotatable bonds is 5. The number of carbonyl (C=O) groups excluding carboxylic acids is 1. The van der Waals surface area contributed by atoms with Crippen LogP contribution in [0.15, 0.2) is 12.7 Å². The number of anilines is 1. The van der Waals surface area contributed by atoms with Gasteiger partial charge in [-0.25, -0.2) is 15.0 Å². The third kappa shape index (κ3) is 3.03. The van der Waals surface area contributed by atoms with Crippen LogP contribution in [0.25, 0.3) is 11.2 Å². The SMILES string of the molecule is CCC(CC)NC(=O)[C@H]1OC(n2cnc3c(N)ncnc32)[C@H](O)[C@@H]1O. The van der Waals surface area contributed by atoms with Crippen molar-refractivity contribution in [1.29, 1.82) is 0 Å². The fourth-order valence-electron chi connectivity index (χ4n) is 2.94. The second-order valence-corrected chi connectivity index (χ2v) is 6.03. The number of ether oxygens (including phenoxy) is 1. The van der Waals surface area contributed by atoms with Crippen LogP contribution < -0.4 is 11.1 Å². The van der Waals surface area contributed by atoms with Gasteiger partial charge in [-0.1, -0.05) is 13.8 Å². The predicted molar refractivity (Wildman–Crippen MR) is 88.2 cm³/mol. The molecule has 1 amide bonds. The van der Waals surface area contributed by atoms with E-state index in [1.165, 1.54) is 17.2 Å². The molecule has 1 aliphatic heterocycles. The van der Waals surface area contributed by atoms with Gasteiger partial charge in [0.15, 0.2) is 23.8 Å². The zero-order chi connectivity index (χ0) is 18.1. The fraction of sp³-hybridized carbons (Fsp3) is 0.600. The van der Waals surface area contributed by atoms with E-state index in [4.69, 9.17) is 10.5 Å². The third-order valence-electron chi connectivity index (χ3n) is 4.49. The van der Waals surface area contributed by atoms with Gasteiger partial charge in [0.2, 0.25) is 0 Å². The Morgan fingerprint density at radius 3 is 2.72 bits per heavy atom. The molecule has 5 N–H and O–H groups in total. The van der Waals surface area contributed by atoms with Crippen molar-refractivity contribution in [1.82, 2.24) is 24.8 Å². The van der Waals surface area contributed by atoms with Gasteiger partial charge in [-0.15, -0.1) is 0 Å². The molecule has 3 rings (SSSR count). The maximum atomic E-state index is 12.4. The Bertz CT molecular complexity index is 762. The minimum absolute atomic E-state index is 0.0129. The molecule has 0 saturated carbocycles. The molecule has 2 aromatic rings. The summed E-state index contributed by atoms with van der Waals surface area (Å²) in [5, 5.41) is 23.4. The number of hydrogen-bond donors (Lipinski definition) is 4. The standard InChI is InChI=1S/C15H22N6O4/c1-3-7(4-2)20-14(24)11-9(22)10(23)15(25-11)21-6-19-8-12(16)17-5-18-13(8)21/h5-7,9-11,15,22-23H,3-4H2,1-2H3,(H,20,24)(H2,16,17,18)/t9-,10+,11-,15?/m0/s1. The van der Waals surface area contributed by atoms with Crippen molar-refractivity contribution in [3.8, 4) is 0 Å². The van der Waals surface area contributed by atoms with Crippen molar-refractivity contribution < 1.29 is 19.7 Å². The van der Waals surface area contributed by atoms with E-state index < -0.39 is 30.4 Å². The van der Waals surface area contributed by atoms with Gasteiger partial charge in [-0.05, 0) is 12.8 Å². The van der Waals surface area contributed by atoms with Gasteiger partial charge >= 0.3 is 0 Å². The second kappa shape index (κ2) is 6.90. The molecule has 25 heavy (non-hydrogen) atoms. The molecule has 10 heteroatoms. The highest BCUT2D eigenvalue weighted by Crippen LogP contribution is 2.32. The van der Waals surface area contributed by atoms with Gasteiger partial charge in [-0.2, -0.15) is 0 Å². The number of aromatic nitrogens is 4. The molecule has 1 aliphatic rings. The predicted octanol–water partition coefficient (Wildman–Crippen LogP) is -0.667. The topological polar surface area (TPSA) is 148 Å². The lowest BCUT2D eigenvalue weighted by Crippen LogP contribution is -2.46. The Balaban J connectivity index is 1.84. The zero-order valence-electron chi connectivity index (χ0n) is 14.0. The summed E-state index contributed by atoms with van der Waals surface area (Å²) in [5.41, 5.74) is 6.46. The number of hydrogen-bond acceptors (Lipinski definition) is 8. The van der Waals surface area contributed by atoms with Crippen molar-refractivity contribution in [3.05, 3.63) is 12.7 Å². The van der Waals surface area contributed by atoms with Gasteiger partial charge < -0.3 is 26.0 Å². The lowest BCUT2D eigenvalue weighted by atomic mass is 10.1. The molecule has 136 valence electrons. The minimum atomic E-state index is -1.36. The van der Waals surface area contributed by atoms with Crippen LogP contribution >= 0.6 is 0 Å². The molecule has 10 nitrogen and oxygen atoms in total. The summed E-state index contributed by atoms with van der Waals surface area (Å²) in [7, 11) is 0. The first-order chi connectivity index (χ1) is 12.0. The highest BCUT2D eigenvalue weighted by molar-refractivity contribution is 5.83. The van der Waals surface area contributed by atoms with Crippen LogP contribution in [0.4, 0.5) is 5.82 Å². The number of aliphatic hydroxyl groups is 2. The fourth-order valence-corrected chi connectivity index (χ4v) is 2.94. The molecular weight excluding hydrogens is 328 g/mol. The van der Waals surface area contributed by atoms with E-state index in [0.717, 1.165) is 12.8 Å². The average molecular weight is 350 g/mol. The van der Waals surface area contributed by atoms with Gasteiger partial charge in [0, 0.05) is 6.04 Å². The number of fused-ring (bicyclic) bond motifs is 1. The molecule has 0 radical (unpaired) electrons. The van der Waals surface area contributed by atoms with Crippen LogP contribution in [0.2, 0.25) is 0 Å². The van der Waals surface area contributed by atoms with E-state index in [1.54, 1.807) is 0 Å². The van der Waals surface area contributed by atoms with Crippen molar-refractivity contribution >= 4 is 22.9 Å². The molecule has 3 heterocycles. The summed E-state index contributed by atoms with van der Waals surface area (Å²) in [6.45, 7) is 3.92. The number of carbonyl (C=O) groups is 1. The number of imidazole rings is 1. The Morgan fingerprint density at radius 2 is 2.04 bits per heavy atom. The number of nitrogens with two attached hydrogens (primary N) is 1. The monoisotopic (exact) mass is 350 g/mol. The van der Waals surface area contributed by atoms with E-state index in [1.807, 2.05) is 13.8 Å². The van der Waals surface area contributed by atoms with Gasteiger partial charge in [0.1, 0.15) is 24.1 Å². The van der Waals surface area contributed by atoms with E-state index in [9.17, 15) is 15.0 Å². The molecule has 1 fully saturated rings. The first-order valence-electron chi connectivity index (χ1n) is 8.22. The van der Waals surface area contributed by atoms with Crippen LogP contribution in [-0.2, 0) is 9.53 Å². The van der Waals surface area contributed by atoms with Gasteiger partial charge in [0.05, 0.1) is 6.33 Å². The van der Waals surface area contributed by atoms with Crippen LogP contribution in [-0.4, -0.2) is 60.0 Å². The summed E-state index contributed by atoms with van der Waals surface area (Å²) < 4.78 is 7.08. The molecule has 2 aromatic heterocycles. The number of amides is 1. The van der Waals surface area contributed by atoms with Crippen molar-refractivity contribution in [2.45, 2.75) is 57.3 Å². The van der Waals surface area contributed by atoms with E-state index >= 15 is 0 Å². The van der Waals surface area contributed by atoms with Crippen molar-refractivity contribution in [2.24, 2.45) is 0 Å². The number of nitrogen functional groups attached to an aromatic ring is 1. The Kier molecular flexibility index (Phi) is 4.84. The van der Waals surface area contributed by atoms with Crippen LogP contribution in [0.3, 0.4) is 0 Å². The second-order valence-electron chi connectivity index (χ2n) is 6.03. The summed E-state index contributed by atoms with van der Waals surface area (Å²) in [6, 6.07) is -0.0129. The summed E-state index contributed by atoms with van der Waals surface area (Å²) in [5.74, 6) is -0.263. The highest BCUT2D eigenvalue weighted by Gasteiger charge is 2.48. The molecule has 0 spiro atoms. The van der Waals surface area contributed by atoms with E-state index in [-0.39, 0.29) is 11.9 Å². The van der Waals surface area contributed by atoms with E-state index in [0.29, 0.717) is 11.2 Å². The van der Waals surface area contributed by atoms with Crippen LogP contribution in [0.5, 0.6) is 0 Å². The Labute approximate surface area is 144 Å². The number of nitrogens with zero attached hydrogens (tertiary/aromatic N) is 4. The lowest BCUT2D eigenvalue weighted by Gasteiger charge is -2.19. The normalized spacial score (nSPS) is 26.4. The molecular formula is C15H22N6O4. The zero-order valence-corrected chi connectivity index (χ0v) is 14.0. The third-order valence-corrected chi connectivity index (χ3v) is 4.49. The molecule has 4 atom stereocenters. The summed E-state index contributed by atoms with van der Waals surface area (Å²) >= 11 is 0. The first kappa shape index (κ1) is 17.5. The van der Waals surface area contributed by atoms with Gasteiger partial charge in [-0.3, -0.25) is 9.36 Å². The summed E-state index contributed by atoms with van der Waals surface area (Å²) in [6.07, 6.45) is -0.688. The van der Waals surface area contributed by atoms with Crippen molar-refractivity contribution in [2.75, 3.05) is 5.73 Å². The number of nitrogens with one attached hydrogen (secondary N) is 1. The molecule has 1 unspecified atom stereocenters. The average Bonchev–Trinajstić information content (AvgIpc) is 3.16. The van der Waals surface area contributed by atoms with Crippen LogP contribution in [0, 0.1) is 0 Å². The maximum absolute atomic E-state index is 12.4. The largest absolute Gasteiger partial charge is 0.387 e. The van der Waals surface area contributed by atoms with E-state index in [2.05, 4.69) is 20.3 Å². The van der Waals surface area contributed by atoms with Crippen molar-refractivity contribution in [3.63, 3.8) is 0 Å². The lowest BCUT2D eigenvalue weighted by molar-refractivity contribution is -0.138. The number of aliphatic hydroxyl groups excluding tert-OH is 2. The molecule has 0 bridgehead atoms. The molecule has 0 aromatic carbocycles. The quantitative estimate of drug-likeness (QED) is 0.555.